The molecule has 1 aliphatic rings. The first-order valence-electron chi connectivity index (χ1n) is 6.93. The maximum absolute atomic E-state index is 12.9. The molecule has 2 rings (SSSR count). The van der Waals surface area contributed by atoms with Crippen molar-refractivity contribution < 1.29 is 18.7 Å². The molecule has 21 heavy (non-hydrogen) atoms. The molecule has 1 saturated heterocycles. The Kier molecular flexibility index (Phi) is 4.90. The van der Waals surface area contributed by atoms with Crippen LogP contribution in [0.15, 0.2) is 24.3 Å². The molecular weight excluding hydrogens is 275 g/mol. The summed E-state index contributed by atoms with van der Waals surface area (Å²) in [5.74, 6) is -0.926. The van der Waals surface area contributed by atoms with Crippen LogP contribution in [0.3, 0.4) is 0 Å². The van der Waals surface area contributed by atoms with E-state index >= 15 is 0 Å². The van der Waals surface area contributed by atoms with Gasteiger partial charge in [0, 0.05) is 18.2 Å². The molecule has 5 nitrogen and oxygen atoms in total. The average Bonchev–Trinajstić information content (AvgIpc) is 2.46. The zero-order valence-electron chi connectivity index (χ0n) is 12.1. The van der Waals surface area contributed by atoms with E-state index in [2.05, 4.69) is 5.32 Å². The lowest BCUT2D eigenvalue weighted by atomic mass is 10.1. The Morgan fingerprint density at radius 1 is 1.33 bits per heavy atom. The third-order valence-electron chi connectivity index (χ3n) is 3.21. The predicted octanol–water partition coefficient (Wildman–Crippen LogP) is 1.19. The number of rotatable bonds is 3. The molecule has 1 atom stereocenters. The second kappa shape index (κ2) is 6.67. The Morgan fingerprint density at radius 2 is 2.00 bits per heavy atom. The van der Waals surface area contributed by atoms with E-state index in [1.165, 1.54) is 29.2 Å². The second-order valence-electron chi connectivity index (χ2n) is 5.26. The molecule has 114 valence electrons. The first-order chi connectivity index (χ1) is 9.99. The number of carbonyl (C=O) groups is 2. The zero-order valence-corrected chi connectivity index (χ0v) is 12.1. The zero-order chi connectivity index (χ0) is 15.4. The van der Waals surface area contributed by atoms with Gasteiger partial charge >= 0.3 is 0 Å². The largest absolute Gasteiger partial charge is 0.377 e. The van der Waals surface area contributed by atoms with Crippen LogP contribution >= 0.6 is 0 Å². The summed E-state index contributed by atoms with van der Waals surface area (Å²) in [4.78, 5) is 26.1. The molecule has 0 bridgehead atoms. The van der Waals surface area contributed by atoms with Crippen LogP contribution in [-0.4, -0.2) is 48.6 Å². The number of hydrogen-bond donors (Lipinski definition) is 1. The number of benzene rings is 1. The molecule has 0 spiro atoms. The van der Waals surface area contributed by atoms with Gasteiger partial charge in [-0.3, -0.25) is 9.59 Å². The minimum Gasteiger partial charge on any atom is -0.377 e. The van der Waals surface area contributed by atoms with Gasteiger partial charge < -0.3 is 15.0 Å². The molecule has 1 heterocycles. The predicted molar refractivity (Wildman–Crippen MR) is 75.3 cm³/mol. The second-order valence-corrected chi connectivity index (χ2v) is 5.26. The van der Waals surface area contributed by atoms with Gasteiger partial charge in [0.2, 0.25) is 5.91 Å². The molecule has 0 saturated carbocycles. The summed E-state index contributed by atoms with van der Waals surface area (Å²) in [6, 6.07) is 4.64. The van der Waals surface area contributed by atoms with Crippen molar-refractivity contribution in [3.63, 3.8) is 0 Å². The quantitative estimate of drug-likeness (QED) is 0.911. The SMILES string of the molecule is CC(C)NC(=O)C1COCCN1C(=O)c1ccc(F)cc1. The lowest BCUT2D eigenvalue weighted by molar-refractivity contribution is -0.131. The van der Waals surface area contributed by atoms with Crippen molar-refractivity contribution in [3.8, 4) is 0 Å². The summed E-state index contributed by atoms with van der Waals surface area (Å²) >= 11 is 0. The summed E-state index contributed by atoms with van der Waals surface area (Å²) < 4.78 is 18.2. The fourth-order valence-corrected chi connectivity index (χ4v) is 2.20. The topological polar surface area (TPSA) is 58.6 Å². The van der Waals surface area contributed by atoms with E-state index in [4.69, 9.17) is 4.74 Å². The van der Waals surface area contributed by atoms with Gasteiger partial charge in [0.15, 0.2) is 0 Å². The van der Waals surface area contributed by atoms with Gasteiger partial charge in [-0.15, -0.1) is 0 Å². The lowest BCUT2D eigenvalue weighted by Gasteiger charge is -2.35. The molecule has 2 amide bonds. The number of halogens is 1. The minimum absolute atomic E-state index is 0.0119. The van der Waals surface area contributed by atoms with Gasteiger partial charge in [0.1, 0.15) is 11.9 Å². The van der Waals surface area contributed by atoms with Crippen molar-refractivity contribution >= 4 is 11.8 Å². The van der Waals surface area contributed by atoms with Crippen LogP contribution in [-0.2, 0) is 9.53 Å². The fourth-order valence-electron chi connectivity index (χ4n) is 2.20. The van der Waals surface area contributed by atoms with E-state index < -0.39 is 11.9 Å². The average molecular weight is 294 g/mol. The maximum Gasteiger partial charge on any atom is 0.254 e. The number of nitrogens with zero attached hydrogens (tertiary/aromatic N) is 1. The number of hydrogen-bond acceptors (Lipinski definition) is 3. The van der Waals surface area contributed by atoms with E-state index in [0.29, 0.717) is 18.7 Å². The first kappa shape index (κ1) is 15.4. The van der Waals surface area contributed by atoms with Gasteiger partial charge in [-0.25, -0.2) is 4.39 Å². The molecule has 6 heteroatoms. The molecule has 1 unspecified atom stereocenters. The number of carbonyl (C=O) groups excluding carboxylic acids is 2. The summed E-state index contributed by atoms with van der Waals surface area (Å²) in [6.07, 6.45) is 0. The number of morpholine rings is 1. The van der Waals surface area contributed by atoms with Crippen molar-refractivity contribution in [2.75, 3.05) is 19.8 Å². The van der Waals surface area contributed by atoms with Gasteiger partial charge in [-0.05, 0) is 38.1 Å². The van der Waals surface area contributed by atoms with E-state index in [9.17, 15) is 14.0 Å². The standard InChI is InChI=1S/C15H19FN2O3/c1-10(2)17-14(19)13-9-21-8-7-18(13)15(20)11-3-5-12(16)6-4-11/h3-6,10,13H,7-9H2,1-2H3,(H,17,19). The third-order valence-corrected chi connectivity index (χ3v) is 3.21. The third kappa shape index (κ3) is 3.78. The molecule has 1 aliphatic heterocycles. The van der Waals surface area contributed by atoms with Crippen LogP contribution in [0.2, 0.25) is 0 Å². The van der Waals surface area contributed by atoms with Crippen molar-refractivity contribution in [3.05, 3.63) is 35.6 Å². The highest BCUT2D eigenvalue weighted by molar-refractivity contribution is 5.97. The van der Waals surface area contributed by atoms with Gasteiger partial charge in [-0.2, -0.15) is 0 Å². The van der Waals surface area contributed by atoms with Crippen molar-refractivity contribution in [1.29, 1.82) is 0 Å². The Morgan fingerprint density at radius 3 is 2.62 bits per heavy atom. The van der Waals surface area contributed by atoms with Crippen LogP contribution in [0.25, 0.3) is 0 Å². The molecular formula is C15H19FN2O3. The normalized spacial score (nSPS) is 18.7. The van der Waals surface area contributed by atoms with Crippen molar-refractivity contribution in [1.82, 2.24) is 10.2 Å². The van der Waals surface area contributed by atoms with Crippen LogP contribution in [0.1, 0.15) is 24.2 Å². The summed E-state index contributed by atoms with van der Waals surface area (Å²) in [5, 5.41) is 2.79. The van der Waals surface area contributed by atoms with Crippen molar-refractivity contribution in [2.45, 2.75) is 25.9 Å². The molecule has 0 aromatic heterocycles. The van der Waals surface area contributed by atoms with E-state index in [1.54, 1.807) is 0 Å². The highest BCUT2D eigenvalue weighted by atomic mass is 19.1. The van der Waals surface area contributed by atoms with Gasteiger partial charge in [0.05, 0.1) is 13.2 Å². The van der Waals surface area contributed by atoms with Gasteiger partial charge in [0.25, 0.3) is 5.91 Å². The molecule has 1 aromatic rings. The molecule has 1 N–H and O–H groups in total. The molecule has 0 aliphatic carbocycles. The Labute approximate surface area is 123 Å². The lowest BCUT2D eigenvalue weighted by Crippen LogP contribution is -2.56. The van der Waals surface area contributed by atoms with E-state index in [1.807, 2.05) is 13.8 Å². The van der Waals surface area contributed by atoms with Crippen LogP contribution in [0.5, 0.6) is 0 Å². The number of amides is 2. The highest BCUT2D eigenvalue weighted by Crippen LogP contribution is 2.14. The minimum atomic E-state index is -0.654. The number of ether oxygens (including phenoxy) is 1. The van der Waals surface area contributed by atoms with E-state index in [0.717, 1.165) is 0 Å². The van der Waals surface area contributed by atoms with Crippen LogP contribution in [0, 0.1) is 5.82 Å². The number of nitrogens with one attached hydrogen (secondary N) is 1. The highest BCUT2D eigenvalue weighted by Gasteiger charge is 2.33. The molecule has 1 fully saturated rings. The molecule has 1 aromatic carbocycles. The first-order valence-corrected chi connectivity index (χ1v) is 6.93. The Balaban J connectivity index is 2.16. The summed E-state index contributed by atoms with van der Waals surface area (Å²) in [6.45, 7) is 4.61. The van der Waals surface area contributed by atoms with Crippen molar-refractivity contribution in [2.24, 2.45) is 0 Å². The summed E-state index contributed by atoms with van der Waals surface area (Å²) in [7, 11) is 0. The smallest absolute Gasteiger partial charge is 0.254 e. The molecule has 0 radical (unpaired) electrons. The van der Waals surface area contributed by atoms with Crippen LogP contribution < -0.4 is 5.32 Å². The van der Waals surface area contributed by atoms with Crippen LogP contribution in [0.4, 0.5) is 4.39 Å². The maximum atomic E-state index is 12.9. The monoisotopic (exact) mass is 294 g/mol. The Hall–Kier alpha value is -1.95. The summed E-state index contributed by atoms with van der Waals surface area (Å²) in [5.41, 5.74) is 0.362. The Bertz CT molecular complexity index is 516. The van der Waals surface area contributed by atoms with Gasteiger partial charge in [-0.1, -0.05) is 0 Å². The van der Waals surface area contributed by atoms with E-state index in [-0.39, 0.29) is 24.5 Å². The fraction of sp³-hybridized carbons (Fsp3) is 0.467.